The fourth-order valence-electron chi connectivity index (χ4n) is 3.45. The fraction of sp³-hybridized carbons (Fsp3) is 0.348. The van der Waals surface area contributed by atoms with Crippen LogP contribution in [-0.4, -0.2) is 34.1 Å². The number of likely N-dealkylation sites (tertiary alicyclic amines) is 1. The number of hydrogen-bond acceptors (Lipinski definition) is 5. The molecule has 1 amide bonds. The molecule has 0 radical (unpaired) electrons. The lowest BCUT2D eigenvalue weighted by Crippen LogP contribution is -2.24. The number of unbranched alkanes of at least 4 members (excludes halogenated alkanes) is 1. The quantitative estimate of drug-likeness (QED) is 0.470. The van der Waals surface area contributed by atoms with Crippen LogP contribution in [0, 0.1) is 0 Å². The number of rotatable bonds is 8. The molecule has 0 saturated carbocycles. The highest BCUT2D eigenvalue weighted by Crippen LogP contribution is 2.30. The minimum Gasteiger partial charge on any atom is -0.494 e. The summed E-state index contributed by atoms with van der Waals surface area (Å²) in [6, 6.07) is 15.2. The smallest absolute Gasteiger partial charge is 0.257 e. The summed E-state index contributed by atoms with van der Waals surface area (Å²) in [5, 5.41) is 4.82. The van der Waals surface area contributed by atoms with Crippen LogP contribution in [0.25, 0.3) is 11.5 Å². The molecule has 1 fully saturated rings. The van der Waals surface area contributed by atoms with Crippen molar-refractivity contribution in [2.24, 2.45) is 0 Å². The van der Waals surface area contributed by atoms with E-state index in [1.165, 1.54) is 0 Å². The summed E-state index contributed by atoms with van der Waals surface area (Å²) in [5.41, 5.74) is 1.88. The zero-order chi connectivity index (χ0) is 20.9. The van der Waals surface area contributed by atoms with E-state index in [0.717, 1.165) is 29.7 Å². The molecule has 1 unspecified atom stereocenters. The van der Waals surface area contributed by atoms with Crippen LogP contribution < -0.4 is 4.74 Å². The molecule has 30 heavy (non-hydrogen) atoms. The lowest BCUT2D eigenvalue weighted by molar-refractivity contribution is -0.128. The average molecular weight is 426 g/mol. The molecule has 7 heteroatoms. The van der Waals surface area contributed by atoms with Gasteiger partial charge in [-0.1, -0.05) is 42.2 Å². The van der Waals surface area contributed by atoms with Gasteiger partial charge in [-0.3, -0.25) is 4.79 Å². The first-order valence-electron chi connectivity index (χ1n) is 10.2. The Morgan fingerprint density at radius 3 is 2.67 bits per heavy atom. The third-order valence-electron chi connectivity index (χ3n) is 5.18. The van der Waals surface area contributed by atoms with E-state index in [1.54, 1.807) is 0 Å². The predicted molar refractivity (Wildman–Crippen MR) is 114 cm³/mol. The highest BCUT2D eigenvalue weighted by Gasteiger charge is 2.33. The monoisotopic (exact) mass is 425 g/mol. The minimum absolute atomic E-state index is 0.0704. The van der Waals surface area contributed by atoms with Crippen LogP contribution in [0.4, 0.5) is 0 Å². The molecule has 1 aromatic heterocycles. The van der Waals surface area contributed by atoms with Gasteiger partial charge in [0.1, 0.15) is 5.75 Å². The first-order chi connectivity index (χ1) is 14.6. The summed E-state index contributed by atoms with van der Waals surface area (Å²) in [5.74, 6) is 1.87. The van der Waals surface area contributed by atoms with E-state index in [1.807, 2.05) is 53.4 Å². The Labute approximate surface area is 180 Å². The maximum Gasteiger partial charge on any atom is 0.257 e. The Hall–Kier alpha value is -2.86. The Bertz CT molecular complexity index is 986. The van der Waals surface area contributed by atoms with Gasteiger partial charge in [0.05, 0.1) is 6.61 Å². The average Bonchev–Trinajstić information content (AvgIpc) is 3.38. The van der Waals surface area contributed by atoms with Crippen molar-refractivity contribution in [2.45, 2.75) is 38.6 Å². The summed E-state index contributed by atoms with van der Waals surface area (Å²) >= 11 is 5.94. The second-order valence-electron chi connectivity index (χ2n) is 7.49. The zero-order valence-electron chi connectivity index (χ0n) is 16.9. The van der Waals surface area contributed by atoms with Gasteiger partial charge in [-0.2, -0.15) is 4.98 Å². The number of carbonyl (C=O) groups excluding carboxylic acids is 1. The van der Waals surface area contributed by atoms with Gasteiger partial charge in [0.15, 0.2) is 5.82 Å². The van der Waals surface area contributed by atoms with E-state index in [4.69, 9.17) is 20.9 Å². The van der Waals surface area contributed by atoms with E-state index < -0.39 is 0 Å². The molecule has 156 valence electrons. The van der Waals surface area contributed by atoms with Crippen molar-refractivity contribution in [1.29, 1.82) is 0 Å². The molecule has 3 aromatic rings. The van der Waals surface area contributed by atoms with Gasteiger partial charge in [-0.25, -0.2) is 0 Å². The molecule has 0 spiro atoms. The van der Waals surface area contributed by atoms with Crippen LogP contribution in [0.15, 0.2) is 53.1 Å². The van der Waals surface area contributed by atoms with Gasteiger partial charge >= 0.3 is 0 Å². The summed E-state index contributed by atoms with van der Waals surface area (Å²) in [7, 11) is 0. The Morgan fingerprint density at radius 1 is 1.17 bits per heavy atom. The largest absolute Gasteiger partial charge is 0.494 e. The van der Waals surface area contributed by atoms with Crippen molar-refractivity contribution in [3.8, 4) is 17.2 Å². The molecule has 2 heterocycles. The Balaban J connectivity index is 1.39. The van der Waals surface area contributed by atoms with E-state index in [9.17, 15) is 4.79 Å². The number of carbonyl (C=O) groups is 1. The van der Waals surface area contributed by atoms with E-state index in [2.05, 4.69) is 17.1 Å². The fourth-order valence-corrected chi connectivity index (χ4v) is 3.58. The van der Waals surface area contributed by atoms with Gasteiger partial charge in [0, 0.05) is 36.0 Å². The van der Waals surface area contributed by atoms with Crippen molar-refractivity contribution in [2.75, 3.05) is 13.2 Å². The highest BCUT2D eigenvalue weighted by atomic mass is 35.5. The molecule has 0 bridgehead atoms. The maximum absolute atomic E-state index is 12.5. The number of nitrogens with zero attached hydrogens (tertiary/aromatic N) is 3. The molecule has 0 aliphatic carbocycles. The van der Waals surface area contributed by atoms with Crippen molar-refractivity contribution in [3.63, 3.8) is 0 Å². The van der Waals surface area contributed by atoms with E-state index in [0.29, 0.717) is 42.9 Å². The third-order valence-corrected chi connectivity index (χ3v) is 5.43. The third kappa shape index (κ3) is 4.82. The van der Waals surface area contributed by atoms with Gasteiger partial charge in [0.2, 0.25) is 5.91 Å². The normalized spacial score (nSPS) is 16.3. The van der Waals surface area contributed by atoms with Gasteiger partial charge in [-0.15, -0.1) is 0 Å². The molecular formula is C23H24ClN3O3. The van der Waals surface area contributed by atoms with Crippen molar-refractivity contribution >= 4 is 17.5 Å². The lowest BCUT2D eigenvalue weighted by atomic mass is 10.1. The summed E-state index contributed by atoms with van der Waals surface area (Å²) in [4.78, 5) is 18.8. The number of aromatic nitrogens is 2. The number of benzene rings is 2. The molecule has 1 saturated heterocycles. The number of halogens is 1. The van der Waals surface area contributed by atoms with Crippen LogP contribution in [0.5, 0.6) is 5.75 Å². The van der Waals surface area contributed by atoms with E-state index in [-0.39, 0.29) is 11.8 Å². The molecule has 1 aliphatic rings. The minimum atomic E-state index is -0.0704. The number of ether oxygens (including phenoxy) is 1. The summed E-state index contributed by atoms with van der Waals surface area (Å²) in [6.45, 7) is 3.97. The number of amides is 1. The second-order valence-corrected chi connectivity index (χ2v) is 7.92. The van der Waals surface area contributed by atoms with Crippen molar-refractivity contribution in [1.82, 2.24) is 15.0 Å². The van der Waals surface area contributed by atoms with Crippen LogP contribution in [0.2, 0.25) is 5.02 Å². The SMILES string of the molecule is CCCCOc1ccc(-c2nc(C3CC(=O)N(Cc4ccc(Cl)cc4)C3)no2)cc1. The zero-order valence-corrected chi connectivity index (χ0v) is 17.6. The molecule has 1 atom stereocenters. The number of hydrogen-bond donors (Lipinski definition) is 0. The molecule has 6 nitrogen and oxygen atoms in total. The first-order valence-corrected chi connectivity index (χ1v) is 10.6. The van der Waals surface area contributed by atoms with Crippen LogP contribution in [0.1, 0.15) is 43.5 Å². The molecular weight excluding hydrogens is 402 g/mol. The van der Waals surface area contributed by atoms with Gasteiger partial charge in [0.25, 0.3) is 5.89 Å². The van der Waals surface area contributed by atoms with Crippen LogP contribution >= 0.6 is 11.6 Å². The standard InChI is InChI=1S/C23H24ClN3O3/c1-2-3-12-29-20-10-6-17(7-11-20)23-25-22(26-30-23)18-13-21(28)27(15-18)14-16-4-8-19(24)9-5-16/h4-11,18H,2-3,12-15H2,1H3. The van der Waals surface area contributed by atoms with Crippen LogP contribution in [0.3, 0.4) is 0 Å². The summed E-state index contributed by atoms with van der Waals surface area (Å²) in [6.07, 6.45) is 2.52. The molecule has 0 N–H and O–H groups in total. The molecule has 4 rings (SSSR count). The Kier molecular flexibility index (Phi) is 6.33. The van der Waals surface area contributed by atoms with Crippen LogP contribution in [-0.2, 0) is 11.3 Å². The van der Waals surface area contributed by atoms with Gasteiger partial charge in [-0.05, 0) is 48.4 Å². The summed E-state index contributed by atoms with van der Waals surface area (Å²) < 4.78 is 11.1. The second kappa shape index (κ2) is 9.30. The van der Waals surface area contributed by atoms with E-state index >= 15 is 0 Å². The first kappa shape index (κ1) is 20.4. The Morgan fingerprint density at radius 2 is 1.93 bits per heavy atom. The molecule has 1 aliphatic heterocycles. The van der Waals surface area contributed by atoms with Crippen molar-refractivity contribution < 1.29 is 14.1 Å². The predicted octanol–water partition coefficient (Wildman–Crippen LogP) is 5.09. The topological polar surface area (TPSA) is 68.5 Å². The van der Waals surface area contributed by atoms with Crippen molar-refractivity contribution in [3.05, 3.63) is 64.9 Å². The maximum atomic E-state index is 12.5. The lowest BCUT2D eigenvalue weighted by Gasteiger charge is -2.16. The molecule has 2 aromatic carbocycles. The van der Waals surface area contributed by atoms with Gasteiger partial charge < -0.3 is 14.2 Å². The highest BCUT2D eigenvalue weighted by molar-refractivity contribution is 6.30.